The van der Waals surface area contributed by atoms with Gasteiger partial charge in [0.15, 0.2) is 0 Å². The smallest absolute Gasteiger partial charge is 0.134 e. The van der Waals surface area contributed by atoms with Crippen molar-refractivity contribution in [1.82, 2.24) is 0 Å². The molecule has 4 heteroatoms. The van der Waals surface area contributed by atoms with Gasteiger partial charge >= 0.3 is 0 Å². The summed E-state index contributed by atoms with van der Waals surface area (Å²) in [4.78, 5) is 0. The average molecular weight is 785 g/mol. The number of rotatable bonds is 13. The summed E-state index contributed by atoms with van der Waals surface area (Å²) in [5, 5.41) is 14.8. The molecule has 2 nitrogen and oxygen atoms in total. The largest absolute Gasteiger partial charge is 0.507 e. The number of phenolic OH excluding ortho intramolecular Hbond substituents is 1. The van der Waals surface area contributed by atoms with Crippen LogP contribution >= 0.6 is 8.58 Å². The van der Waals surface area contributed by atoms with E-state index in [1.807, 2.05) is 7.11 Å². The molecule has 0 fully saturated rings. The molecule has 0 saturated carbocycles. The maximum atomic E-state index is 11.7. The minimum atomic E-state index is -1.76. The van der Waals surface area contributed by atoms with Crippen molar-refractivity contribution >= 4 is 32.5 Å². The van der Waals surface area contributed by atoms with E-state index in [-0.39, 0.29) is 8.58 Å². The lowest BCUT2D eigenvalue weighted by Crippen LogP contribution is -2.39. The van der Waals surface area contributed by atoms with E-state index in [1.54, 1.807) is 0 Å². The van der Waals surface area contributed by atoms with Crippen molar-refractivity contribution in [3.05, 3.63) is 112 Å². The lowest BCUT2D eigenvalue weighted by Gasteiger charge is -2.29. The Morgan fingerprint density at radius 2 is 0.857 bits per heavy atom. The molecule has 0 saturated heterocycles. The molecule has 0 aliphatic carbocycles. The minimum absolute atomic E-state index is 0.237. The molecule has 5 rings (SSSR count). The molecule has 5 aromatic carbocycles. The predicted octanol–water partition coefficient (Wildman–Crippen LogP) is 14.3. The Hall–Kier alpha value is -3.65. The molecule has 1 unspecified atom stereocenters. The summed E-state index contributed by atoms with van der Waals surface area (Å²) in [5.74, 6) is 3.51. The van der Waals surface area contributed by atoms with Gasteiger partial charge in [-0.25, -0.2) is 0 Å². The van der Waals surface area contributed by atoms with Gasteiger partial charge in [0.1, 0.15) is 11.5 Å². The first-order valence-corrected chi connectivity index (χ1v) is 25.5. The normalized spacial score (nSPS) is 12.5. The summed E-state index contributed by atoms with van der Waals surface area (Å²) in [6.07, 6.45) is 0. The van der Waals surface area contributed by atoms with Crippen LogP contribution in [0.15, 0.2) is 78.9 Å². The number of benzene rings is 5. The molecule has 1 N–H and O–H groups in total. The molecule has 0 aliphatic rings. The van der Waals surface area contributed by atoms with Crippen LogP contribution < -0.4 is 20.5 Å². The van der Waals surface area contributed by atoms with E-state index in [1.165, 1.54) is 61.2 Å². The van der Waals surface area contributed by atoms with E-state index < -0.39 is 8.07 Å². The number of hydrogen-bond acceptors (Lipinski definition) is 2. The summed E-state index contributed by atoms with van der Waals surface area (Å²) < 4.78 is 6.57. The van der Waals surface area contributed by atoms with E-state index in [0.717, 1.165) is 27.1 Å². The third-order valence-electron chi connectivity index (χ3n) is 11.5. The quantitative estimate of drug-likeness (QED) is 0.0952. The predicted molar refractivity (Wildman–Crippen MR) is 253 cm³/mol. The zero-order valence-corrected chi connectivity index (χ0v) is 39.3. The molecule has 0 spiro atoms. The summed E-state index contributed by atoms with van der Waals surface area (Å²) in [5.41, 5.74) is 15.9. The van der Waals surface area contributed by atoms with E-state index in [2.05, 4.69) is 182 Å². The van der Waals surface area contributed by atoms with Crippen LogP contribution in [0.25, 0.3) is 33.4 Å². The van der Waals surface area contributed by atoms with Gasteiger partial charge in [-0.05, 0) is 96.3 Å². The Balaban J connectivity index is 1.99. The molecule has 1 atom stereocenters. The van der Waals surface area contributed by atoms with Gasteiger partial charge in [0.25, 0.3) is 0 Å². The third-order valence-corrected chi connectivity index (χ3v) is 14.8. The molecule has 0 radical (unpaired) electrons. The van der Waals surface area contributed by atoms with Crippen molar-refractivity contribution < 1.29 is 9.84 Å². The van der Waals surface area contributed by atoms with Crippen LogP contribution in [-0.4, -0.2) is 20.3 Å². The van der Waals surface area contributed by atoms with Crippen molar-refractivity contribution in [1.29, 1.82) is 0 Å². The molecule has 0 aliphatic heterocycles. The van der Waals surface area contributed by atoms with Crippen LogP contribution in [0.1, 0.15) is 152 Å². The van der Waals surface area contributed by atoms with Crippen molar-refractivity contribution in [3.63, 3.8) is 0 Å². The summed E-state index contributed by atoms with van der Waals surface area (Å²) in [7, 11) is 0.297. The lowest BCUT2D eigenvalue weighted by molar-refractivity contribution is 0.420. The van der Waals surface area contributed by atoms with Crippen LogP contribution in [-0.2, 0) is 0 Å². The van der Waals surface area contributed by atoms with Gasteiger partial charge in [0, 0.05) is 21.7 Å². The van der Waals surface area contributed by atoms with Gasteiger partial charge in [-0.1, -0.05) is 190 Å². The fraction of sp³-hybridized carbons (Fsp3) is 0.423. The molecule has 0 aromatic heterocycles. The molecule has 298 valence electrons. The SMILES string of the molecule is COc1c(Pc2cccc([Si](C)(C)C)c2O)cccc1-c1c(-c2c(C(C)C)cc(C(C)C)cc2C(C)C)cccc1-c1c(C(C)C)cc(C(C)C)cc1C(C)C. The topological polar surface area (TPSA) is 29.5 Å². The summed E-state index contributed by atoms with van der Waals surface area (Å²) in [6.45, 7) is 34.9. The fourth-order valence-electron chi connectivity index (χ4n) is 8.24. The Kier molecular flexibility index (Phi) is 13.6. The Bertz CT molecular complexity index is 2030. The zero-order chi connectivity index (χ0) is 41.4. The first-order valence-electron chi connectivity index (χ1n) is 21.0. The summed E-state index contributed by atoms with van der Waals surface area (Å²) >= 11 is 0. The lowest BCUT2D eigenvalue weighted by atomic mass is 9.76. The van der Waals surface area contributed by atoms with Crippen molar-refractivity contribution in [3.8, 4) is 44.9 Å². The first-order chi connectivity index (χ1) is 26.3. The van der Waals surface area contributed by atoms with Gasteiger partial charge in [-0.3, -0.25) is 0 Å². The van der Waals surface area contributed by atoms with Crippen LogP contribution in [0, 0.1) is 0 Å². The fourth-order valence-corrected chi connectivity index (χ4v) is 11.1. The molecule has 56 heavy (non-hydrogen) atoms. The van der Waals surface area contributed by atoms with Crippen LogP contribution in [0.4, 0.5) is 0 Å². The van der Waals surface area contributed by atoms with E-state index in [0.29, 0.717) is 41.3 Å². The van der Waals surface area contributed by atoms with Crippen LogP contribution in [0.5, 0.6) is 11.5 Å². The second-order valence-electron chi connectivity index (χ2n) is 18.8. The number of aromatic hydroxyl groups is 1. The minimum Gasteiger partial charge on any atom is -0.507 e. The second kappa shape index (κ2) is 17.5. The maximum Gasteiger partial charge on any atom is 0.134 e. The monoisotopic (exact) mass is 784 g/mol. The zero-order valence-electron chi connectivity index (χ0n) is 37.3. The van der Waals surface area contributed by atoms with Crippen molar-refractivity contribution in [2.75, 3.05) is 7.11 Å². The number of hydrogen-bond donors (Lipinski definition) is 1. The highest BCUT2D eigenvalue weighted by Crippen LogP contribution is 2.51. The number of para-hydroxylation sites is 2. The standard InChI is InChI=1S/C52H69O2PSi/c1-30(2)36-26-41(32(5)6)49(42(27-36)33(7)8)38-20-17-21-39(50-43(34(9)10)28-37(31(3)4)29-44(50)35(11)12)48(38)40-22-18-24-46(52(40)54-13)55-45-23-19-25-47(51(45)53)56(14,15)16/h17-35,53,55H,1-16H3. The maximum absolute atomic E-state index is 11.7. The number of methoxy groups -OCH3 is 1. The Morgan fingerprint density at radius 1 is 0.482 bits per heavy atom. The van der Waals surface area contributed by atoms with Crippen LogP contribution in [0.2, 0.25) is 19.6 Å². The van der Waals surface area contributed by atoms with E-state index in [9.17, 15) is 5.11 Å². The molecule has 0 bridgehead atoms. The molecule has 0 heterocycles. The van der Waals surface area contributed by atoms with Gasteiger partial charge in [0.05, 0.1) is 15.2 Å². The van der Waals surface area contributed by atoms with Gasteiger partial charge in [-0.15, -0.1) is 0 Å². The highest BCUT2D eigenvalue weighted by Gasteiger charge is 2.29. The second-order valence-corrected chi connectivity index (χ2v) is 25.1. The van der Waals surface area contributed by atoms with Gasteiger partial charge in [0.2, 0.25) is 0 Å². The van der Waals surface area contributed by atoms with Crippen LogP contribution in [0.3, 0.4) is 0 Å². The summed E-state index contributed by atoms with van der Waals surface area (Å²) in [6, 6.07) is 29.9. The Labute approximate surface area is 343 Å². The van der Waals surface area contributed by atoms with E-state index in [4.69, 9.17) is 4.74 Å². The molecular weight excluding hydrogens is 716 g/mol. The third kappa shape index (κ3) is 8.75. The molecule has 5 aromatic rings. The molecule has 0 amide bonds. The highest BCUT2D eigenvalue weighted by molar-refractivity contribution is 7.56. The highest BCUT2D eigenvalue weighted by atomic mass is 31.1. The van der Waals surface area contributed by atoms with Gasteiger partial charge in [-0.2, -0.15) is 0 Å². The van der Waals surface area contributed by atoms with Crippen molar-refractivity contribution in [2.24, 2.45) is 0 Å². The van der Waals surface area contributed by atoms with Gasteiger partial charge < -0.3 is 9.84 Å². The molecular formula is C52H69O2PSi. The first kappa shape index (κ1) is 43.5. The van der Waals surface area contributed by atoms with E-state index >= 15 is 0 Å². The van der Waals surface area contributed by atoms with Crippen molar-refractivity contribution in [2.45, 2.75) is 138 Å². The average Bonchev–Trinajstić information content (AvgIpc) is 3.13. The number of ether oxygens (including phenoxy) is 1. The number of phenols is 1. The Morgan fingerprint density at radius 3 is 1.23 bits per heavy atom.